The van der Waals surface area contributed by atoms with Crippen molar-refractivity contribution >= 4 is 51.4 Å². The smallest absolute Gasteiger partial charge is 0.230 e. The zero-order valence-corrected chi connectivity index (χ0v) is 19.3. The zero-order chi connectivity index (χ0) is 23.5. The third-order valence-electron chi connectivity index (χ3n) is 5.12. The molecule has 0 saturated heterocycles. The maximum absolute atomic E-state index is 13.3. The third-order valence-corrected chi connectivity index (χ3v) is 5.71. The van der Waals surface area contributed by atoms with Gasteiger partial charge < -0.3 is 19.2 Å². The SMILES string of the molecule is COc1ccc(C(=O)CNc2c(C(=O)c3ccc(OC)c(Cl)c3)oc3ccccc23)cc1Cl. The van der Waals surface area contributed by atoms with E-state index in [0.29, 0.717) is 49.3 Å². The van der Waals surface area contributed by atoms with Crippen molar-refractivity contribution < 1.29 is 23.5 Å². The summed E-state index contributed by atoms with van der Waals surface area (Å²) >= 11 is 12.3. The topological polar surface area (TPSA) is 77.8 Å². The molecule has 1 heterocycles. The summed E-state index contributed by atoms with van der Waals surface area (Å²) in [6.45, 7) is -0.0736. The van der Waals surface area contributed by atoms with Crippen LogP contribution in [0.25, 0.3) is 11.0 Å². The van der Waals surface area contributed by atoms with Crippen LogP contribution in [0.15, 0.2) is 65.1 Å². The number of fused-ring (bicyclic) bond motifs is 1. The number of hydrogen-bond acceptors (Lipinski definition) is 6. The van der Waals surface area contributed by atoms with Gasteiger partial charge in [0.1, 0.15) is 17.1 Å². The molecule has 0 fully saturated rings. The van der Waals surface area contributed by atoms with Gasteiger partial charge in [0.15, 0.2) is 11.5 Å². The van der Waals surface area contributed by atoms with Crippen LogP contribution in [0, 0.1) is 0 Å². The molecule has 3 aromatic carbocycles. The van der Waals surface area contributed by atoms with Crippen molar-refractivity contribution in [1.82, 2.24) is 0 Å². The van der Waals surface area contributed by atoms with Crippen molar-refractivity contribution in [2.24, 2.45) is 0 Å². The van der Waals surface area contributed by atoms with Gasteiger partial charge in [-0.25, -0.2) is 0 Å². The molecule has 0 amide bonds. The lowest BCUT2D eigenvalue weighted by Crippen LogP contribution is -2.15. The largest absolute Gasteiger partial charge is 0.495 e. The number of ether oxygens (including phenoxy) is 2. The van der Waals surface area contributed by atoms with Crippen molar-refractivity contribution in [1.29, 1.82) is 0 Å². The van der Waals surface area contributed by atoms with E-state index in [1.165, 1.54) is 20.3 Å². The molecular weight excluding hydrogens is 465 g/mol. The van der Waals surface area contributed by atoms with Crippen LogP contribution in [0.2, 0.25) is 10.0 Å². The van der Waals surface area contributed by atoms with E-state index in [4.69, 9.17) is 37.1 Å². The number of nitrogens with one attached hydrogen (secondary N) is 1. The van der Waals surface area contributed by atoms with Crippen LogP contribution >= 0.6 is 23.2 Å². The zero-order valence-electron chi connectivity index (χ0n) is 17.8. The van der Waals surface area contributed by atoms with Gasteiger partial charge in [0.25, 0.3) is 0 Å². The first-order valence-corrected chi connectivity index (χ1v) is 10.7. The highest BCUT2D eigenvalue weighted by atomic mass is 35.5. The summed E-state index contributed by atoms with van der Waals surface area (Å²) in [4.78, 5) is 26.1. The summed E-state index contributed by atoms with van der Waals surface area (Å²) < 4.78 is 16.1. The first-order valence-electron chi connectivity index (χ1n) is 9.93. The number of benzene rings is 3. The third kappa shape index (κ3) is 4.53. The Bertz CT molecular complexity index is 1360. The molecule has 6 nitrogen and oxygen atoms in total. The van der Waals surface area contributed by atoms with Crippen LogP contribution in [0.4, 0.5) is 5.69 Å². The van der Waals surface area contributed by atoms with Crippen LogP contribution in [-0.4, -0.2) is 32.3 Å². The standard InChI is InChI=1S/C25H19Cl2NO5/c1-31-21-9-7-14(11-17(21)26)19(29)13-28-23-16-5-3-4-6-20(16)33-25(23)24(30)15-8-10-22(32-2)18(27)12-15/h3-12,28H,13H2,1-2H3. The van der Waals surface area contributed by atoms with E-state index in [1.807, 2.05) is 12.1 Å². The summed E-state index contributed by atoms with van der Waals surface area (Å²) in [5.74, 6) is 0.430. The van der Waals surface area contributed by atoms with E-state index in [9.17, 15) is 9.59 Å². The number of ketones is 2. The number of carbonyl (C=O) groups excluding carboxylic acids is 2. The molecule has 0 saturated carbocycles. The van der Waals surface area contributed by atoms with Crippen LogP contribution in [-0.2, 0) is 0 Å². The Morgan fingerprint density at radius 1 is 0.879 bits per heavy atom. The van der Waals surface area contributed by atoms with Crippen molar-refractivity contribution in [3.05, 3.63) is 87.6 Å². The lowest BCUT2D eigenvalue weighted by molar-refractivity contribution is 0.0997. The van der Waals surface area contributed by atoms with Crippen LogP contribution in [0.3, 0.4) is 0 Å². The summed E-state index contributed by atoms with van der Waals surface area (Å²) in [6, 6.07) is 16.7. The molecule has 33 heavy (non-hydrogen) atoms. The molecule has 0 spiro atoms. The number of carbonyl (C=O) groups is 2. The van der Waals surface area contributed by atoms with E-state index < -0.39 is 0 Å². The van der Waals surface area contributed by atoms with Gasteiger partial charge in [-0.3, -0.25) is 9.59 Å². The summed E-state index contributed by atoms with van der Waals surface area (Å²) in [6.07, 6.45) is 0. The number of anilines is 1. The quantitative estimate of drug-likeness (QED) is 0.297. The number of halogens is 2. The van der Waals surface area contributed by atoms with Gasteiger partial charge in [-0.15, -0.1) is 0 Å². The van der Waals surface area contributed by atoms with Gasteiger partial charge >= 0.3 is 0 Å². The minimum absolute atomic E-state index is 0.0736. The Morgan fingerprint density at radius 3 is 2.12 bits per heavy atom. The average Bonchev–Trinajstić information content (AvgIpc) is 3.20. The maximum atomic E-state index is 13.3. The number of furan rings is 1. The number of methoxy groups -OCH3 is 2. The second-order valence-electron chi connectivity index (χ2n) is 7.11. The average molecular weight is 484 g/mol. The highest BCUT2D eigenvalue weighted by Crippen LogP contribution is 2.34. The maximum Gasteiger partial charge on any atom is 0.230 e. The fourth-order valence-electron chi connectivity index (χ4n) is 3.43. The van der Waals surface area contributed by atoms with Crippen LogP contribution in [0.5, 0.6) is 11.5 Å². The Kier molecular flexibility index (Phi) is 6.58. The molecule has 0 aliphatic rings. The summed E-state index contributed by atoms with van der Waals surface area (Å²) in [5, 5.41) is 4.40. The predicted octanol–water partition coefficient (Wildman–Crippen LogP) is 6.28. The van der Waals surface area contributed by atoms with Gasteiger partial charge in [-0.05, 0) is 48.5 Å². The molecule has 8 heteroatoms. The number of rotatable bonds is 8. The van der Waals surface area contributed by atoms with Crippen LogP contribution in [0.1, 0.15) is 26.5 Å². The van der Waals surface area contributed by atoms with Crippen molar-refractivity contribution in [2.45, 2.75) is 0 Å². The van der Waals surface area contributed by atoms with E-state index >= 15 is 0 Å². The first-order chi connectivity index (χ1) is 15.9. The fourth-order valence-corrected chi connectivity index (χ4v) is 3.95. The van der Waals surface area contributed by atoms with E-state index in [1.54, 1.807) is 42.5 Å². The second-order valence-corrected chi connectivity index (χ2v) is 7.92. The first kappa shape index (κ1) is 22.7. The van der Waals surface area contributed by atoms with Gasteiger partial charge in [0.2, 0.25) is 5.78 Å². The molecular formula is C25H19Cl2NO5. The van der Waals surface area contributed by atoms with Gasteiger partial charge in [-0.2, -0.15) is 0 Å². The molecule has 0 unspecified atom stereocenters. The molecule has 0 aliphatic heterocycles. The number of para-hydroxylation sites is 1. The monoisotopic (exact) mass is 483 g/mol. The lowest BCUT2D eigenvalue weighted by atomic mass is 10.1. The van der Waals surface area contributed by atoms with Gasteiger partial charge in [-0.1, -0.05) is 35.3 Å². The predicted molar refractivity (Wildman–Crippen MR) is 128 cm³/mol. The second kappa shape index (κ2) is 9.57. The lowest BCUT2D eigenvalue weighted by Gasteiger charge is -2.09. The molecule has 1 N–H and O–H groups in total. The molecule has 4 aromatic rings. The molecule has 0 radical (unpaired) electrons. The fraction of sp³-hybridized carbons (Fsp3) is 0.120. The molecule has 168 valence electrons. The summed E-state index contributed by atoms with van der Waals surface area (Å²) in [5.41, 5.74) is 1.69. The minimum atomic E-state index is -0.377. The number of Topliss-reactive ketones (excluding diaryl/α,β-unsaturated/α-hetero) is 1. The van der Waals surface area contributed by atoms with E-state index in [-0.39, 0.29) is 23.9 Å². The van der Waals surface area contributed by atoms with E-state index in [0.717, 1.165) is 0 Å². The molecule has 0 aliphatic carbocycles. The highest BCUT2D eigenvalue weighted by Gasteiger charge is 2.23. The van der Waals surface area contributed by atoms with Crippen molar-refractivity contribution in [3.63, 3.8) is 0 Å². The Balaban J connectivity index is 1.65. The Hall–Kier alpha value is -3.48. The van der Waals surface area contributed by atoms with Crippen molar-refractivity contribution in [2.75, 3.05) is 26.1 Å². The van der Waals surface area contributed by atoms with Gasteiger partial charge in [0, 0.05) is 16.5 Å². The minimum Gasteiger partial charge on any atom is -0.495 e. The molecule has 1 aromatic heterocycles. The Morgan fingerprint density at radius 2 is 1.48 bits per heavy atom. The van der Waals surface area contributed by atoms with Gasteiger partial charge in [0.05, 0.1) is 36.5 Å². The van der Waals surface area contributed by atoms with Crippen LogP contribution < -0.4 is 14.8 Å². The van der Waals surface area contributed by atoms with E-state index in [2.05, 4.69) is 5.32 Å². The molecule has 4 rings (SSSR count). The molecule has 0 atom stereocenters. The molecule has 0 bridgehead atoms. The number of hydrogen-bond donors (Lipinski definition) is 1. The summed E-state index contributed by atoms with van der Waals surface area (Å²) in [7, 11) is 3.00. The normalized spacial score (nSPS) is 10.8. The Labute approximate surface area is 200 Å². The van der Waals surface area contributed by atoms with Crippen molar-refractivity contribution in [3.8, 4) is 11.5 Å². The highest BCUT2D eigenvalue weighted by molar-refractivity contribution is 6.33.